The molecule has 1 unspecified atom stereocenters. The lowest BCUT2D eigenvalue weighted by Crippen LogP contribution is -2.47. The summed E-state index contributed by atoms with van der Waals surface area (Å²) >= 11 is 0. The first-order chi connectivity index (χ1) is 8.77. The molecule has 1 aromatic heterocycles. The van der Waals surface area contributed by atoms with Crippen LogP contribution in [0.3, 0.4) is 0 Å². The topological polar surface area (TPSA) is 65.1 Å². The van der Waals surface area contributed by atoms with Crippen molar-refractivity contribution in [3.8, 4) is 0 Å². The molecule has 1 saturated carbocycles. The first-order valence-electron chi connectivity index (χ1n) is 6.79. The number of ether oxygens (including phenoxy) is 1. The number of hydrazine groups is 1. The van der Waals surface area contributed by atoms with Crippen molar-refractivity contribution in [2.45, 2.75) is 57.2 Å². The number of methoxy groups -OCH3 is 1. The van der Waals surface area contributed by atoms with Gasteiger partial charge in [0.05, 0.1) is 5.60 Å². The van der Waals surface area contributed by atoms with Crippen molar-refractivity contribution < 1.29 is 4.74 Å². The Morgan fingerprint density at radius 1 is 1.56 bits per heavy atom. The molecule has 1 aliphatic carbocycles. The number of nitrogens with zero attached hydrogens (tertiary/aromatic N) is 2. The number of hydrogen-bond donors (Lipinski definition) is 2. The lowest BCUT2D eigenvalue weighted by Gasteiger charge is -2.35. The molecule has 0 bridgehead atoms. The van der Waals surface area contributed by atoms with Crippen molar-refractivity contribution in [3.63, 3.8) is 0 Å². The van der Waals surface area contributed by atoms with Gasteiger partial charge in [-0.15, -0.1) is 0 Å². The molecular formula is C13H24N4O. The zero-order chi connectivity index (χ0) is 13.0. The van der Waals surface area contributed by atoms with Gasteiger partial charge in [0.1, 0.15) is 11.9 Å². The molecule has 0 aromatic carbocycles. The molecule has 0 aliphatic heterocycles. The number of rotatable bonds is 6. The Hall–Kier alpha value is -0.910. The lowest BCUT2D eigenvalue weighted by molar-refractivity contribution is -0.0400. The maximum atomic E-state index is 5.81. The third-order valence-corrected chi connectivity index (χ3v) is 4.02. The number of aryl methyl sites for hydroxylation is 1. The predicted molar refractivity (Wildman–Crippen MR) is 70.8 cm³/mol. The quantitative estimate of drug-likeness (QED) is 0.598. The summed E-state index contributed by atoms with van der Waals surface area (Å²) in [5, 5.41) is 0. The summed E-state index contributed by atoms with van der Waals surface area (Å²) in [6, 6.07) is -0.0356. The van der Waals surface area contributed by atoms with E-state index in [2.05, 4.69) is 21.9 Å². The second-order valence-electron chi connectivity index (χ2n) is 5.05. The third kappa shape index (κ3) is 2.30. The van der Waals surface area contributed by atoms with Gasteiger partial charge in [-0.05, 0) is 19.3 Å². The fraction of sp³-hybridized carbons (Fsp3) is 0.769. The molecular weight excluding hydrogens is 228 g/mol. The van der Waals surface area contributed by atoms with Gasteiger partial charge >= 0.3 is 0 Å². The molecule has 1 atom stereocenters. The van der Waals surface area contributed by atoms with E-state index in [0.29, 0.717) is 0 Å². The highest BCUT2D eigenvalue weighted by atomic mass is 16.5. The fourth-order valence-corrected chi connectivity index (χ4v) is 3.06. The number of nitrogens with one attached hydrogen (secondary N) is 1. The number of hydrogen-bond acceptors (Lipinski definition) is 4. The van der Waals surface area contributed by atoms with E-state index < -0.39 is 0 Å². The summed E-state index contributed by atoms with van der Waals surface area (Å²) in [6.07, 6.45) is 9.41. The standard InChI is InChI=1S/C13H24N4O/c1-3-9-17-10-8-15-12(17)11(16-14)13(18-2)6-4-5-7-13/h8,10-11,16H,3-7,9,14H2,1-2H3. The molecule has 0 saturated heterocycles. The molecule has 102 valence electrons. The van der Waals surface area contributed by atoms with Crippen molar-refractivity contribution in [3.05, 3.63) is 18.2 Å². The molecule has 0 amide bonds. The first-order valence-corrected chi connectivity index (χ1v) is 6.79. The summed E-state index contributed by atoms with van der Waals surface area (Å²) in [6.45, 7) is 3.13. The second kappa shape index (κ2) is 5.82. The fourth-order valence-electron chi connectivity index (χ4n) is 3.06. The number of imidazole rings is 1. The molecule has 0 radical (unpaired) electrons. The molecule has 2 rings (SSSR count). The van der Waals surface area contributed by atoms with Gasteiger partial charge < -0.3 is 9.30 Å². The van der Waals surface area contributed by atoms with Crippen LogP contribution in [0.4, 0.5) is 0 Å². The minimum atomic E-state index is -0.203. The van der Waals surface area contributed by atoms with Crippen molar-refractivity contribution in [1.29, 1.82) is 0 Å². The van der Waals surface area contributed by atoms with Crippen LogP contribution in [0.15, 0.2) is 12.4 Å². The Kier molecular flexibility index (Phi) is 4.37. The van der Waals surface area contributed by atoms with Crippen LogP contribution in [0.1, 0.15) is 50.9 Å². The lowest BCUT2D eigenvalue weighted by atomic mass is 9.91. The minimum Gasteiger partial charge on any atom is -0.376 e. The van der Waals surface area contributed by atoms with Gasteiger partial charge in [-0.2, -0.15) is 0 Å². The van der Waals surface area contributed by atoms with E-state index in [0.717, 1.165) is 31.6 Å². The zero-order valence-electron chi connectivity index (χ0n) is 11.4. The normalized spacial score (nSPS) is 20.2. The van der Waals surface area contributed by atoms with Crippen LogP contribution < -0.4 is 11.3 Å². The van der Waals surface area contributed by atoms with Crippen LogP contribution >= 0.6 is 0 Å². The molecule has 5 nitrogen and oxygen atoms in total. The monoisotopic (exact) mass is 252 g/mol. The van der Waals surface area contributed by atoms with E-state index in [1.807, 2.05) is 12.4 Å². The first kappa shape index (κ1) is 13.5. The summed E-state index contributed by atoms with van der Waals surface area (Å²) in [4.78, 5) is 4.48. The van der Waals surface area contributed by atoms with Crippen molar-refractivity contribution in [2.24, 2.45) is 5.84 Å². The molecule has 1 heterocycles. The van der Waals surface area contributed by atoms with Crippen LogP contribution in [-0.2, 0) is 11.3 Å². The van der Waals surface area contributed by atoms with Crippen molar-refractivity contribution in [2.75, 3.05) is 7.11 Å². The van der Waals surface area contributed by atoms with E-state index in [-0.39, 0.29) is 11.6 Å². The number of nitrogens with two attached hydrogens (primary N) is 1. The smallest absolute Gasteiger partial charge is 0.130 e. The Balaban J connectivity index is 2.29. The summed E-state index contributed by atoms with van der Waals surface area (Å²) in [7, 11) is 1.78. The minimum absolute atomic E-state index is 0.0356. The Bertz CT molecular complexity index is 371. The van der Waals surface area contributed by atoms with Gasteiger partial charge in [-0.25, -0.2) is 10.4 Å². The van der Waals surface area contributed by atoms with Crippen LogP contribution in [0.25, 0.3) is 0 Å². The summed E-state index contributed by atoms with van der Waals surface area (Å²) in [5.41, 5.74) is 2.73. The van der Waals surface area contributed by atoms with E-state index in [9.17, 15) is 0 Å². The highest BCUT2D eigenvalue weighted by Gasteiger charge is 2.43. The zero-order valence-corrected chi connectivity index (χ0v) is 11.4. The van der Waals surface area contributed by atoms with E-state index >= 15 is 0 Å². The molecule has 3 N–H and O–H groups in total. The van der Waals surface area contributed by atoms with Crippen LogP contribution in [0.2, 0.25) is 0 Å². The maximum Gasteiger partial charge on any atom is 0.130 e. The maximum absolute atomic E-state index is 5.81. The third-order valence-electron chi connectivity index (χ3n) is 4.02. The van der Waals surface area contributed by atoms with Crippen LogP contribution in [0.5, 0.6) is 0 Å². The van der Waals surface area contributed by atoms with Gasteiger partial charge in [0.15, 0.2) is 0 Å². The van der Waals surface area contributed by atoms with Gasteiger partial charge in [-0.3, -0.25) is 5.84 Å². The van der Waals surface area contributed by atoms with Crippen LogP contribution in [0, 0.1) is 0 Å². The van der Waals surface area contributed by atoms with E-state index in [1.54, 1.807) is 7.11 Å². The van der Waals surface area contributed by atoms with E-state index in [1.165, 1.54) is 12.8 Å². The molecule has 1 aromatic rings. The summed E-state index contributed by atoms with van der Waals surface area (Å²) in [5.74, 6) is 6.78. The average molecular weight is 252 g/mol. The molecule has 18 heavy (non-hydrogen) atoms. The highest BCUT2D eigenvalue weighted by Crippen LogP contribution is 2.41. The highest BCUT2D eigenvalue weighted by molar-refractivity contribution is 5.09. The summed E-state index contributed by atoms with van der Waals surface area (Å²) < 4.78 is 7.98. The molecule has 1 fully saturated rings. The second-order valence-corrected chi connectivity index (χ2v) is 5.05. The SMILES string of the molecule is CCCn1ccnc1C(NN)C1(OC)CCCC1. The predicted octanol–water partition coefficient (Wildman–Crippen LogP) is 1.76. The van der Waals surface area contributed by atoms with Gasteiger partial charge in [-0.1, -0.05) is 19.8 Å². The largest absolute Gasteiger partial charge is 0.376 e. The van der Waals surface area contributed by atoms with Crippen molar-refractivity contribution >= 4 is 0 Å². The molecule has 1 aliphatic rings. The molecule has 0 spiro atoms. The van der Waals surface area contributed by atoms with Gasteiger partial charge in [0.25, 0.3) is 0 Å². The van der Waals surface area contributed by atoms with Crippen molar-refractivity contribution in [1.82, 2.24) is 15.0 Å². The average Bonchev–Trinajstić information content (AvgIpc) is 3.02. The Labute approximate surface area is 109 Å². The Morgan fingerprint density at radius 3 is 2.83 bits per heavy atom. The van der Waals surface area contributed by atoms with E-state index in [4.69, 9.17) is 10.6 Å². The van der Waals surface area contributed by atoms with Crippen LogP contribution in [-0.4, -0.2) is 22.3 Å². The van der Waals surface area contributed by atoms with Gasteiger partial charge in [0.2, 0.25) is 0 Å². The Morgan fingerprint density at radius 2 is 2.28 bits per heavy atom. The molecule has 5 heteroatoms. The van der Waals surface area contributed by atoms with Gasteiger partial charge in [0, 0.05) is 26.0 Å². The number of aromatic nitrogens is 2.